The van der Waals surface area contributed by atoms with Crippen molar-refractivity contribution in [2.24, 2.45) is 0 Å². The van der Waals surface area contributed by atoms with Crippen LogP contribution in [0.3, 0.4) is 0 Å². The number of carbonyl (C=O) groups is 4. The SMILES string of the molecule is CCOc1cc2cc(c1)C(=O)N(C)CC(=O)N[C@H]1CN(C(=O)CCN3CCCCCC3=O)CC[C@H]1OCc1cccc(c1)O2. The van der Waals surface area contributed by atoms with E-state index in [9.17, 15) is 19.2 Å². The first-order chi connectivity index (χ1) is 21.3. The van der Waals surface area contributed by atoms with Crippen LogP contribution in [0.5, 0.6) is 17.2 Å². The molecule has 2 fully saturated rings. The Morgan fingerprint density at radius 1 is 1.05 bits per heavy atom. The zero-order valence-electron chi connectivity index (χ0n) is 25.6. The summed E-state index contributed by atoms with van der Waals surface area (Å²) in [6.07, 6.45) is 3.87. The zero-order chi connectivity index (χ0) is 31.1. The fourth-order valence-electron chi connectivity index (χ4n) is 5.96. The summed E-state index contributed by atoms with van der Waals surface area (Å²) >= 11 is 0. The minimum Gasteiger partial charge on any atom is -0.494 e. The molecule has 3 aliphatic heterocycles. The maximum absolute atomic E-state index is 13.4. The number of benzene rings is 2. The van der Waals surface area contributed by atoms with Crippen LogP contribution in [-0.4, -0.2) is 96.9 Å². The van der Waals surface area contributed by atoms with E-state index in [1.807, 2.05) is 31.2 Å². The van der Waals surface area contributed by atoms with E-state index in [2.05, 4.69) is 5.32 Å². The summed E-state index contributed by atoms with van der Waals surface area (Å²) in [7, 11) is 1.57. The number of amides is 4. The van der Waals surface area contributed by atoms with Gasteiger partial charge in [0.2, 0.25) is 17.7 Å². The first kappa shape index (κ1) is 31.3. The van der Waals surface area contributed by atoms with Gasteiger partial charge in [-0.2, -0.15) is 0 Å². The molecule has 236 valence electrons. The molecule has 3 aliphatic rings. The third-order valence-electron chi connectivity index (χ3n) is 8.28. The fraction of sp³-hybridized carbons (Fsp3) is 0.515. The number of hydrogen-bond donors (Lipinski definition) is 1. The molecule has 44 heavy (non-hydrogen) atoms. The van der Waals surface area contributed by atoms with Crippen LogP contribution in [0.2, 0.25) is 0 Å². The van der Waals surface area contributed by atoms with Crippen molar-refractivity contribution in [3.63, 3.8) is 0 Å². The highest BCUT2D eigenvalue weighted by Crippen LogP contribution is 2.29. The van der Waals surface area contributed by atoms with E-state index in [-0.39, 0.29) is 49.2 Å². The summed E-state index contributed by atoms with van der Waals surface area (Å²) in [6.45, 7) is 4.26. The van der Waals surface area contributed by atoms with E-state index < -0.39 is 6.04 Å². The molecule has 0 saturated carbocycles. The Morgan fingerprint density at radius 3 is 2.75 bits per heavy atom. The number of likely N-dealkylation sites (tertiary alicyclic amines) is 2. The maximum atomic E-state index is 13.4. The van der Waals surface area contributed by atoms with Gasteiger partial charge in [0.25, 0.3) is 5.91 Å². The van der Waals surface area contributed by atoms with E-state index in [4.69, 9.17) is 14.2 Å². The van der Waals surface area contributed by atoms with Crippen LogP contribution < -0.4 is 14.8 Å². The largest absolute Gasteiger partial charge is 0.494 e. The standard InChI is InChI=1S/C33H42N4O7/c1-3-42-26-17-24-18-27(19-26)44-25-9-7-8-23(16-25)22-43-29-11-14-37(20-28(29)34-30(38)21-35(2)33(24)41)32(40)12-15-36-13-6-4-5-10-31(36)39/h7-9,16-19,28-29H,3-6,10-15,20-22H2,1-2H3,(H,34,38)/t28-,29+/m0/s1. The Morgan fingerprint density at radius 2 is 1.91 bits per heavy atom. The van der Waals surface area contributed by atoms with Gasteiger partial charge in [0, 0.05) is 57.7 Å². The number of likely N-dealkylation sites (N-methyl/N-ethyl adjacent to an activating group) is 1. The van der Waals surface area contributed by atoms with Crippen molar-refractivity contribution < 1.29 is 33.4 Å². The number of rotatable bonds is 5. The van der Waals surface area contributed by atoms with Gasteiger partial charge in [0.15, 0.2) is 0 Å². The number of nitrogens with one attached hydrogen (secondary N) is 1. The molecule has 0 aliphatic carbocycles. The molecule has 0 radical (unpaired) electrons. The van der Waals surface area contributed by atoms with Crippen LogP contribution in [0.15, 0.2) is 42.5 Å². The lowest BCUT2D eigenvalue weighted by atomic mass is 10.0. The van der Waals surface area contributed by atoms with Crippen LogP contribution in [0.4, 0.5) is 0 Å². The van der Waals surface area contributed by atoms with Gasteiger partial charge in [-0.25, -0.2) is 0 Å². The van der Waals surface area contributed by atoms with Gasteiger partial charge in [-0.05, 0) is 56.0 Å². The van der Waals surface area contributed by atoms with Crippen molar-refractivity contribution in [2.45, 2.75) is 64.2 Å². The van der Waals surface area contributed by atoms with Gasteiger partial charge >= 0.3 is 0 Å². The van der Waals surface area contributed by atoms with Gasteiger partial charge in [0.05, 0.1) is 31.9 Å². The molecule has 11 nitrogen and oxygen atoms in total. The molecular formula is C33H42N4O7. The lowest BCUT2D eigenvalue weighted by molar-refractivity contribution is -0.138. The van der Waals surface area contributed by atoms with Gasteiger partial charge in [-0.15, -0.1) is 0 Å². The molecule has 1 N–H and O–H groups in total. The predicted octanol–water partition coefficient (Wildman–Crippen LogP) is 3.36. The molecule has 5 rings (SSSR count). The van der Waals surface area contributed by atoms with Gasteiger partial charge < -0.3 is 34.2 Å². The molecular weight excluding hydrogens is 564 g/mol. The number of hydrogen-bond acceptors (Lipinski definition) is 7. The Hall–Kier alpha value is -4.12. The monoisotopic (exact) mass is 606 g/mol. The van der Waals surface area contributed by atoms with Crippen LogP contribution in [0, 0.1) is 0 Å². The van der Waals surface area contributed by atoms with Crippen molar-refractivity contribution in [3.8, 4) is 17.2 Å². The van der Waals surface area contributed by atoms with E-state index >= 15 is 0 Å². The first-order valence-corrected chi connectivity index (χ1v) is 15.6. The summed E-state index contributed by atoms with van der Waals surface area (Å²) in [5.41, 5.74) is 1.22. The minimum atomic E-state index is -0.469. The molecule has 0 spiro atoms. The van der Waals surface area contributed by atoms with E-state index in [1.165, 1.54) is 4.90 Å². The highest BCUT2D eigenvalue weighted by atomic mass is 16.5. The quantitative estimate of drug-likeness (QED) is 0.555. The fourth-order valence-corrected chi connectivity index (χ4v) is 5.96. The van der Waals surface area contributed by atoms with E-state index in [0.29, 0.717) is 68.5 Å². The number of ether oxygens (including phenoxy) is 3. The van der Waals surface area contributed by atoms with Crippen molar-refractivity contribution in [1.29, 1.82) is 0 Å². The Balaban J connectivity index is 1.32. The van der Waals surface area contributed by atoms with Crippen LogP contribution >= 0.6 is 0 Å². The average molecular weight is 607 g/mol. The van der Waals surface area contributed by atoms with Gasteiger partial charge in [-0.1, -0.05) is 18.6 Å². The summed E-state index contributed by atoms with van der Waals surface area (Å²) < 4.78 is 18.1. The highest BCUT2D eigenvalue weighted by Gasteiger charge is 2.34. The molecule has 0 unspecified atom stereocenters. The van der Waals surface area contributed by atoms with E-state index in [0.717, 1.165) is 24.8 Å². The highest BCUT2D eigenvalue weighted by molar-refractivity contribution is 5.97. The number of fused-ring (bicyclic) bond motifs is 5. The average Bonchev–Trinajstić information content (AvgIpc) is 3.22. The lowest BCUT2D eigenvalue weighted by Gasteiger charge is -2.39. The van der Waals surface area contributed by atoms with Gasteiger partial charge in [0.1, 0.15) is 17.2 Å². The molecule has 3 heterocycles. The van der Waals surface area contributed by atoms with Crippen molar-refractivity contribution >= 4 is 23.6 Å². The van der Waals surface area contributed by atoms with Gasteiger partial charge in [-0.3, -0.25) is 19.2 Å². The summed E-state index contributed by atoms with van der Waals surface area (Å²) in [6, 6.07) is 12.1. The Kier molecular flexibility index (Phi) is 10.4. The molecule has 11 heteroatoms. The third-order valence-corrected chi connectivity index (χ3v) is 8.28. The van der Waals surface area contributed by atoms with Crippen molar-refractivity contribution in [1.82, 2.24) is 20.0 Å². The van der Waals surface area contributed by atoms with E-state index in [1.54, 1.807) is 35.0 Å². The Labute approximate surface area is 258 Å². The summed E-state index contributed by atoms with van der Waals surface area (Å²) in [5.74, 6) is 0.873. The number of nitrogens with zero attached hydrogens (tertiary/aromatic N) is 3. The van der Waals surface area contributed by atoms with Crippen molar-refractivity contribution in [3.05, 3.63) is 53.6 Å². The van der Waals surface area contributed by atoms with Crippen LogP contribution in [-0.2, 0) is 25.7 Å². The smallest absolute Gasteiger partial charge is 0.254 e. The molecule has 2 aromatic rings. The predicted molar refractivity (Wildman–Crippen MR) is 162 cm³/mol. The molecule has 4 bridgehead atoms. The summed E-state index contributed by atoms with van der Waals surface area (Å²) in [5, 5.41) is 3.04. The van der Waals surface area contributed by atoms with Crippen LogP contribution in [0.1, 0.15) is 61.4 Å². The third kappa shape index (κ3) is 8.07. The maximum Gasteiger partial charge on any atom is 0.254 e. The second-order valence-corrected chi connectivity index (χ2v) is 11.6. The molecule has 0 aromatic heterocycles. The first-order valence-electron chi connectivity index (χ1n) is 15.6. The van der Waals surface area contributed by atoms with Crippen LogP contribution in [0.25, 0.3) is 0 Å². The number of piperidine rings is 1. The topological polar surface area (TPSA) is 118 Å². The molecule has 2 aromatic carbocycles. The second-order valence-electron chi connectivity index (χ2n) is 11.6. The van der Waals surface area contributed by atoms with Crippen molar-refractivity contribution in [2.75, 3.05) is 46.4 Å². The molecule has 2 saturated heterocycles. The summed E-state index contributed by atoms with van der Waals surface area (Å²) in [4.78, 5) is 57.2. The second kappa shape index (κ2) is 14.6. The Bertz CT molecular complexity index is 1370. The minimum absolute atomic E-state index is 0.0518. The zero-order valence-corrected chi connectivity index (χ0v) is 25.6. The lowest BCUT2D eigenvalue weighted by Crippen LogP contribution is -2.58. The molecule has 4 amide bonds. The number of carbonyl (C=O) groups excluding carboxylic acids is 4. The molecule has 2 atom stereocenters. The normalized spacial score (nSPS) is 21.6.